The molecule has 1 aromatic carbocycles. The molecule has 226 valence electrons. The van der Waals surface area contributed by atoms with Gasteiger partial charge in [0.1, 0.15) is 17.7 Å². The van der Waals surface area contributed by atoms with Crippen LogP contribution in [0.1, 0.15) is 46.5 Å². The van der Waals surface area contributed by atoms with Crippen molar-refractivity contribution in [2.24, 2.45) is 11.3 Å². The second kappa shape index (κ2) is 11.0. The zero-order valence-corrected chi connectivity index (χ0v) is 25.3. The zero-order chi connectivity index (χ0) is 30.4. The molecular weight excluding hydrogens is 584 g/mol. The number of allylic oxidation sites excluding steroid dienone is 1. The van der Waals surface area contributed by atoms with Gasteiger partial charge in [0.05, 0.1) is 17.2 Å². The molecule has 0 spiro atoms. The van der Waals surface area contributed by atoms with Crippen LogP contribution in [0, 0.1) is 11.3 Å². The third-order valence-corrected chi connectivity index (χ3v) is 9.86. The van der Waals surface area contributed by atoms with Gasteiger partial charge in [-0.2, -0.15) is 0 Å². The van der Waals surface area contributed by atoms with E-state index in [-0.39, 0.29) is 25.4 Å². The van der Waals surface area contributed by atoms with Crippen molar-refractivity contribution >= 4 is 50.3 Å². The highest BCUT2D eigenvalue weighted by Crippen LogP contribution is 2.53. The van der Waals surface area contributed by atoms with E-state index in [2.05, 4.69) is 21.6 Å². The minimum atomic E-state index is -3.75. The number of benzene rings is 1. The lowest BCUT2D eigenvalue weighted by Crippen LogP contribution is -2.50. The number of amides is 3. The predicted octanol–water partition coefficient (Wildman–Crippen LogP) is 3.56. The van der Waals surface area contributed by atoms with Crippen molar-refractivity contribution in [3.63, 3.8) is 0 Å². The molecule has 3 fully saturated rings. The highest BCUT2D eigenvalue weighted by molar-refractivity contribution is 7.90. The number of fused-ring (bicyclic) bond motifs is 1. The molecule has 3 amide bonds. The van der Waals surface area contributed by atoms with Crippen LogP contribution in [0.15, 0.2) is 43.1 Å². The summed E-state index contributed by atoms with van der Waals surface area (Å²) in [5.74, 6) is -1.13. The summed E-state index contributed by atoms with van der Waals surface area (Å²) >= 11 is 6.20. The number of hydrogen-bond donors (Lipinski definition) is 2. The fourth-order valence-electron chi connectivity index (χ4n) is 5.26. The van der Waals surface area contributed by atoms with Gasteiger partial charge in [0.2, 0.25) is 27.7 Å². The Hall–Kier alpha value is -3.38. The van der Waals surface area contributed by atoms with Crippen LogP contribution in [-0.2, 0) is 24.3 Å². The lowest BCUT2D eigenvalue weighted by atomic mass is 10.0. The summed E-state index contributed by atoms with van der Waals surface area (Å²) in [5, 5.41) is 4.31. The van der Waals surface area contributed by atoms with E-state index in [1.807, 2.05) is 12.1 Å². The van der Waals surface area contributed by atoms with Crippen molar-refractivity contribution in [1.82, 2.24) is 19.9 Å². The number of nitrogens with one attached hydrogen (secondary N) is 2. The van der Waals surface area contributed by atoms with E-state index in [1.54, 1.807) is 45.2 Å². The molecule has 3 unspecified atom stereocenters. The molecule has 2 N–H and O–H groups in total. The van der Waals surface area contributed by atoms with Crippen molar-refractivity contribution in [2.45, 2.75) is 69.5 Å². The second-order valence-electron chi connectivity index (χ2n) is 12.2. The van der Waals surface area contributed by atoms with E-state index < -0.39 is 56.3 Å². The molecular formula is C29H35ClN4O7S. The van der Waals surface area contributed by atoms with Gasteiger partial charge in [0.25, 0.3) is 0 Å². The molecule has 11 nitrogen and oxygen atoms in total. The van der Waals surface area contributed by atoms with Crippen LogP contribution in [0.2, 0.25) is 5.02 Å². The number of hydrogen-bond acceptors (Lipinski definition) is 8. The lowest BCUT2D eigenvalue weighted by molar-refractivity contribution is -0.127. The zero-order valence-electron chi connectivity index (χ0n) is 23.8. The van der Waals surface area contributed by atoms with E-state index in [0.717, 1.165) is 5.39 Å². The second-order valence-corrected chi connectivity index (χ2v) is 14.6. The molecule has 5 rings (SSSR count). The standard InChI is InChI=1S/C29H35ClN4O7S/c1-5-18-14-29(18,26(36)33-42(38,39)21-8-9-21)16-32-24(35)23-13-20(15-34(23)27(37)41-28(2,3)4)40-25-22-12-19(30)7-6-17(22)10-11-31-25/h5-7,10-12,18,20-21,23H,1,8-9,13-16H2,2-4H3,(H,32,35)(H,33,36)/t18?,20-,23?,29?/m1/s1. The van der Waals surface area contributed by atoms with Crippen LogP contribution in [0.25, 0.3) is 10.8 Å². The van der Waals surface area contributed by atoms with Gasteiger partial charge in [-0.05, 0) is 69.5 Å². The van der Waals surface area contributed by atoms with E-state index >= 15 is 0 Å². The van der Waals surface area contributed by atoms with Gasteiger partial charge in [0, 0.05) is 29.6 Å². The molecule has 2 aliphatic carbocycles. The number of carbonyl (C=O) groups is 3. The Bertz CT molecular complexity index is 1540. The molecule has 42 heavy (non-hydrogen) atoms. The minimum Gasteiger partial charge on any atom is -0.472 e. The van der Waals surface area contributed by atoms with Gasteiger partial charge >= 0.3 is 6.09 Å². The minimum absolute atomic E-state index is 0.0617. The number of carbonyl (C=O) groups excluding carboxylic acids is 3. The molecule has 2 heterocycles. The van der Waals surface area contributed by atoms with Crippen molar-refractivity contribution in [1.29, 1.82) is 0 Å². The maximum Gasteiger partial charge on any atom is 0.411 e. The van der Waals surface area contributed by atoms with Crippen molar-refractivity contribution < 1.29 is 32.3 Å². The van der Waals surface area contributed by atoms with E-state index in [0.29, 0.717) is 35.6 Å². The van der Waals surface area contributed by atoms with Gasteiger partial charge < -0.3 is 14.8 Å². The average molecular weight is 619 g/mol. The van der Waals surface area contributed by atoms with E-state index in [4.69, 9.17) is 21.1 Å². The third kappa shape index (κ3) is 6.34. The summed E-state index contributed by atoms with van der Waals surface area (Å²) in [6, 6.07) is 6.22. The number of ether oxygens (including phenoxy) is 2. The molecule has 13 heteroatoms. The molecule has 2 aromatic rings. The number of sulfonamides is 1. The summed E-state index contributed by atoms with van der Waals surface area (Å²) in [7, 11) is -3.75. The summed E-state index contributed by atoms with van der Waals surface area (Å²) < 4.78 is 38.8. The van der Waals surface area contributed by atoms with Crippen LogP contribution >= 0.6 is 11.6 Å². The number of pyridine rings is 1. The first kappa shape index (κ1) is 30.1. The van der Waals surface area contributed by atoms with Gasteiger partial charge in [-0.1, -0.05) is 23.7 Å². The van der Waals surface area contributed by atoms with Gasteiger partial charge in [-0.15, -0.1) is 6.58 Å². The average Bonchev–Trinajstić information content (AvgIpc) is 3.83. The first-order chi connectivity index (χ1) is 19.7. The predicted molar refractivity (Wildman–Crippen MR) is 156 cm³/mol. The molecule has 3 aliphatic rings. The smallest absolute Gasteiger partial charge is 0.411 e. The van der Waals surface area contributed by atoms with Crippen LogP contribution < -0.4 is 14.8 Å². The Kier molecular flexibility index (Phi) is 7.90. The SMILES string of the molecule is C=CC1CC1(CNC(=O)C1C[C@@H](Oc2nccc3ccc(Cl)cc23)CN1C(=O)OC(C)(C)C)C(=O)NS(=O)(=O)C1CC1. The summed E-state index contributed by atoms with van der Waals surface area (Å²) in [4.78, 5) is 45.5. The van der Waals surface area contributed by atoms with E-state index in [1.165, 1.54) is 4.90 Å². The van der Waals surface area contributed by atoms with Crippen LogP contribution in [-0.4, -0.2) is 72.3 Å². The molecule has 0 radical (unpaired) electrons. The molecule has 1 aliphatic heterocycles. The van der Waals surface area contributed by atoms with Crippen LogP contribution in [0.3, 0.4) is 0 Å². The normalized spacial score (nSPS) is 25.5. The summed E-state index contributed by atoms with van der Waals surface area (Å²) in [5.41, 5.74) is -1.93. The van der Waals surface area contributed by atoms with Gasteiger partial charge in [0.15, 0.2) is 0 Å². The first-order valence-corrected chi connectivity index (χ1v) is 15.8. The quantitative estimate of drug-likeness (QED) is 0.406. The Morgan fingerprint density at radius 1 is 1.24 bits per heavy atom. The third-order valence-electron chi connectivity index (χ3n) is 7.81. The summed E-state index contributed by atoms with van der Waals surface area (Å²) in [6.07, 6.45) is 3.46. The fourth-order valence-corrected chi connectivity index (χ4v) is 6.82. The molecule has 0 bridgehead atoms. The highest BCUT2D eigenvalue weighted by Gasteiger charge is 2.60. The van der Waals surface area contributed by atoms with Crippen LogP contribution in [0.4, 0.5) is 4.79 Å². The number of rotatable bonds is 9. The maximum atomic E-state index is 13.6. The summed E-state index contributed by atoms with van der Waals surface area (Å²) in [6.45, 7) is 8.90. The van der Waals surface area contributed by atoms with Crippen LogP contribution in [0.5, 0.6) is 5.88 Å². The van der Waals surface area contributed by atoms with Gasteiger partial charge in [-0.3, -0.25) is 19.2 Å². The number of nitrogens with zero attached hydrogens (tertiary/aromatic N) is 2. The topological polar surface area (TPSA) is 144 Å². The van der Waals surface area contributed by atoms with E-state index in [9.17, 15) is 22.8 Å². The molecule has 2 saturated carbocycles. The molecule has 4 atom stereocenters. The Morgan fingerprint density at radius 2 is 1.98 bits per heavy atom. The highest BCUT2D eigenvalue weighted by atomic mass is 35.5. The van der Waals surface area contributed by atoms with Crippen molar-refractivity contribution in [3.8, 4) is 5.88 Å². The Balaban J connectivity index is 1.32. The Morgan fingerprint density at radius 3 is 2.62 bits per heavy atom. The largest absolute Gasteiger partial charge is 0.472 e. The van der Waals surface area contributed by atoms with Crippen molar-refractivity contribution in [2.75, 3.05) is 13.1 Å². The maximum absolute atomic E-state index is 13.6. The first-order valence-electron chi connectivity index (χ1n) is 13.9. The number of aromatic nitrogens is 1. The Labute approximate surface area is 250 Å². The van der Waals surface area contributed by atoms with Gasteiger partial charge in [-0.25, -0.2) is 18.2 Å². The number of halogens is 1. The number of likely N-dealkylation sites (tertiary alicyclic amines) is 1. The lowest BCUT2D eigenvalue weighted by Gasteiger charge is -2.28. The fraction of sp³-hybridized carbons (Fsp3) is 0.517. The van der Waals surface area contributed by atoms with Crippen molar-refractivity contribution in [3.05, 3.63) is 48.1 Å². The molecule has 1 aromatic heterocycles. The monoisotopic (exact) mass is 618 g/mol. The molecule has 1 saturated heterocycles.